The van der Waals surface area contributed by atoms with E-state index in [2.05, 4.69) is 5.32 Å². The maximum absolute atomic E-state index is 13.2. The molecule has 9 heteroatoms. The van der Waals surface area contributed by atoms with Crippen LogP contribution in [0.3, 0.4) is 0 Å². The van der Waals surface area contributed by atoms with Crippen LogP contribution in [-0.2, 0) is 19.4 Å². The molecule has 0 aliphatic carbocycles. The Morgan fingerprint density at radius 1 is 1.03 bits per heavy atom. The number of carbonyl (C=O) groups excluding carboxylic acids is 2. The first-order valence-corrected chi connectivity index (χ1v) is 12.7. The van der Waals surface area contributed by atoms with Crippen molar-refractivity contribution in [2.24, 2.45) is 5.92 Å². The molecule has 2 aromatic rings. The number of nitrogens with zero attached hydrogens (tertiary/aromatic N) is 1. The Kier molecular flexibility index (Phi) is 7.97. The van der Waals surface area contributed by atoms with Crippen LogP contribution in [0.15, 0.2) is 48.5 Å². The van der Waals surface area contributed by atoms with E-state index in [1.54, 1.807) is 62.4 Å². The molecule has 0 saturated carbocycles. The van der Waals surface area contributed by atoms with Crippen LogP contribution in [0, 0.1) is 5.92 Å². The van der Waals surface area contributed by atoms with E-state index in [9.17, 15) is 18.0 Å². The molecule has 0 spiro atoms. The Balaban J connectivity index is 1.94. The molecular weight excluding hydrogens is 444 g/mol. The largest absolute Gasteiger partial charge is 0.497 e. The van der Waals surface area contributed by atoms with E-state index in [1.165, 1.54) is 0 Å². The molecule has 1 aliphatic heterocycles. The number of rotatable bonds is 9. The zero-order chi connectivity index (χ0) is 24.0. The van der Waals surface area contributed by atoms with Gasteiger partial charge in [0, 0.05) is 24.4 Å². The van der Waals surface area contributed by atoms with Gasteiger partial charge < -0.3 is 19.7 Å². The van der Waals surface area contributed by atoms with Crippen LogP contribution < -0.4 is 19.7 Å². The number of carbonyl (C=O) groups is 2. The lowest BCUT2D eigenvalue weighted by Crippen LogP contribution is -2.48. The fourth-order valence-electron chi connectivity index (χ4n) is 4.00. The molecule has 2 unspecified atom stereocenters. The third-order valence-electron chi connectivity index (χ3n) is 5.89. The lowest BCUT2D eigenvalue weighted by molar-refractivity contribution is -0.129. The number of methoxy groups -OCH3 is 2. The lowest BCUT2D eigenvalue weighted by atomic mass is 9.83. The maximum Gasteiger partial charge on any atom is 0.227 e. The van der Waals surface area contributed by atoms with Gasteiger partial charge in [-0.05, 0) is 48.4 Å². The number of ether oxygens (including phenoxy) is 2. The van der Waals surface area contributed by atoms with E-state index in [0.717, 1.165) is 5.56 Å². The Hall–Kier alpha value is -3.07. The Labute approximate surface area is 194 Å². The first-order chi connectivity index (χ1) is 15.8. The standard InChI is InChI=1S/C24H30N2O6S/c1-4-33(29,30)16-15-25-24(28)21-13-14-22(27)26(18-7-11-20(32-3)12-8-18)23(21)17-5-9-19(31-2)10-6-17/h5-12,21,23H,4,13-16H2,1-3H3,(H,25,28). The Bertz CT molecular complexity index is 1070. The van der Waals surface area contributed by atoms with E-state index in [-0.39, 0.29) is 36.3 Å². The smallest absolute Gasteiger partial charge is 0.227 e. The molecule has 2 atom stereocenters. The molecule has 1 N–H and O–H groups in total. The van der Waals surface area contributed by atoms with Gasteiger partial charge in [-0.25, -0.2) is 8.42 Å². The molecule has 0 bridgehead atoms. The first-order valence-electron chi connectivity index (χ1n) is 10.9. The monoisotopic (exact) mass is 474 g/mol. The van der Waals surface area contributed by atoms with E-state index in [0.29, 0.717) is 23.6 Å². The number of amides is 2. The predicted molar refractivity (Wildman–Crippen MR) is 126 cm³/mol. The van der Waals surface area contributed by atoms with Crippen molar-refractivity contribution in [1.82, 2.24) is 5.32 Å². The van der Waals surface area contributed by atoms with E-state index in [1.807, 2.05) is 12.1 Å². The highest BCUT2D eigenvalue weighted by atomic mass is 32.2. The van der Waals surface area contributed by atoms with Crippen LogP contribution in [0.1, 0.15) is 31.4 Å². The van der Waals surface area contributed by atoms with Gasteiger partial charge in [0.15, 0.2) is 9.84 Å². The van der Waals surface area contributed by atoms with Crippen LogP contribution in [0.5, 0.6) is 11.5 Å². The average Bonchev–Trinajstić information content (AvgIpc) is 2.83. The summed E-state index contributed by atoms with van der Waals surface area (Å²) < 4.78 is 34.1. The van der Waals surface area contributed by atoms with Crippen molar-refractivity contribution < 1.29 is 27.5 Å². The van der Waals surface area contributed by atoms with Crippen molar-refractivity contribution in [3.8, 4) is 11.5 Å². The SMILES string of the molecule is CCS(=O)(=O)CCNC(=O)C1CCC(=O)N(c2ccc(OC)cc2)C1c1ccc(OC)cc1. The average molecular weight is 475 g/mol. The number of anilines is 1. The zero-order valence-corrected chi connectivity index (χ0v) is 19.9. The number of hydrogen-bond acceptors (Lipinski definition) is 6. The summed E-state index contributed by atoms with van der Waals surface area (Å²) in [6.45, 7) is 1.62. The summed E-state index contributed by atoms with van der Waals surface area (Å²) in [4.78, 5) is 27.9. The molecule has 33 heavy (non-hydrogen) atoms. The quantitative estimate of drug-likeness (QED) is 0.600. The van der Waals surface area contributed by atoms with Crippen molar-refractivity contribution in [1.29, 1.82) is 0 Å². The molecule has 0 aromatic heterocycles. The highest BCUT2D eigenvalue weighted by Gasteiger charge is 2.41. The van der Waals surface area contributed by atoms with E-state index < -0.39 is 21.8 Å². The maximum atomic E-state index is 13.2. The second-order valence-corrected chi connectivity index (χ2v) is 10.3. The molecule has 1 saturated heterocycles. The van der Waals surface area contributed by atoms with Crippen molar-refractivity contribution in [2.75, 3.05) is 37.2 Å². The van der Waals surface area contributed by atoms with Crippen molar-refractivity contribution in [3.05, 3.63) is 54.1 Å². The highest BCUT2D eigenvalue weighted by Crippen LogP contribution is 2.40. The third-order valence-corrected chi connectivity index (χ3v) is 7.60. The van der Waals surface area contributed by atoms with Crippen LogP contribution >= 0.6 is 0 Å². The summed E-state index contributed by atoms with van der Waals surface area (Å²) in [6, 6.07) is 13.9. The molecule has 1 fully saturated rings. The summed E-state index contributed by atoms with van der Waals surface area (Å²) in [5.74, 6) is 0.351. The van der Waals surface area contributed by atoms with Crippen molar-refractivity contribution in [2.45, 2.75) is 25.8 Å². The molecule has 3 rings (SSSR count). The summed E-state index contributed by atoms with van der Waals surface area (Å²) >= 11 is 0. The normalized spacial score (nSPS) is 18.6. The summed E-state index contributed by atoms with van der Waals surface area (Å²) in [6.07, 6.45) is 0.582. The molecule has 178 valence electrons. The Morgan fingerprint density at radius 2 is 1.61 bits per heavy atom. The van der Waals surface area contributed by atoms with Crippen LogP contribution in [0.2, 0.25) is 0 Å². The fraction of sp³-hybridized carbons (Fsp3) is 0.417. The minimum Gasteiger partial charge on any atom is -0.497 e. The first kappa shape index (κ1) is 24.6. The molecular formula is C24H30N2O6S. The number of sulfone groups is 1. The second kappa shape index (κ2) is 10.7. The second-order valence-electron chi connectivity index (χ2n) is 7.85. The summed E-state index contributed by atoms with van der Waals surface area (Å²) in [7, 11) is -0.0509. The molecule has 2 amide bonds. The number of benzene rings is 2. The van der Waals surface area contributed by atoms with Gasteiger partial charge >= 0.3 is 0 Å². The summed E-state index contributed by atoms with van der Waals surface area (Å²) in [5, 5.41) is 2.77. The fourth-order valence-corrected chi connectivity index (χ4v) is 4.70. The minimum atomic E-state index is -3.19. The number of nitrogens with one attached hydrogen (secondary N) is 1. The van der Waals surface area contributed by atoms with Gasteiger partial charge in [0.05, 0.1) is 31.9 Å². The van der Waals surface area contributed by atoms with Gasteiger partial charge in [0.2, 0.25) is 11.8 Å². The van der Waals surface area contributed by atoms with Crippen molar-refractivity contribution >= 4 is 27.3 Å². The van der Waals surface area contributed by atoms with E-state index in [4.69, 9.17) is 9.47 Å². The molecule has 2 aromatic carbocycles. The van der Waals surface area contributed by atoms with E-state index >= 15 is 0 Å². The van der Waals surface area contributed by atoms with Gasteiger partial charge in [0.1, 0.15) is 11.5 Å². The van der Waals surface area contributed by atoms with Gasteiger partial charge in [-0.2, -0.15) is 0 Å². The lowest BCUT2D eigenvalue weighted by Gasteiger charge is -2.41. The topological polar surface area (TPSA) is 102 Å². The van der Waals surface area contributed by atoms with Crippen LogP contribution in [0.4, 0.5) is 5.69 Å². The summed E-state index contributed by atoms with van der Waals surface area (Å²) in [5.41, 5.74) is 1.45. The molecule has 1 aliphatic rings. The van der Waals surface area contributed by atoms with Crippen LogP contribution in [-0.4, -0.2) is 52.5 Å². The van der Waals surface area contributed by atoms with Gasteiger partial charge in [-0.3, -0.25) is 9.59 Å². The van der Waals surface area contributed by atoms with Gasteiger partial charge in [-0.15, -0.1) is 0 Å². The van der Waals surface area contributed by atoms with Gasteiger partial charge in [0.25, 0.3) is 0 Å². The third kappa shape index (κ3) is 5.84. The highest BCUT2D eigenvalue weighted by molar-refractivity contribution is 7.91. The van der Waals surface area contributed by atoms with Crippen LogP contribution in [0.25, 0.3) is 0 Å². The molecule has 0 radical (unpaired) electrons. The van der Waals surface area contributed by atoms with Gasteiger partial charge in [-0.1, -0.05) is 19.1 Å². The zero-order valence-electron chi connectivity index (χ0n) is 19.1. The molecule has 8 nitrogen and oxygen atoms in total. The molecule has 1 heterocycles. The van der Waals surface area contributed by atoms with Crippen molar-refractivity contribution in [3.63, 3.8) is 0 Å². The Morgan fingerprint density at radius 3 is 2.15 bits per heavy atom. The minimum absolute atomic E-state index is 0.0283. The predicted octanol–water partition coefficient (Wildman–Crippen LogP) is 2.74. The number of hydrogen-bond donors (Lipinski definition) is 1. The number of piperidine rings is 1.